The van der Waals surface area contributed by atoms with E-state index in [1.165, 1.54) is 18.4 Å². The standard InChI is InChI=1S/C22H35N3O2/c1-23(2)13-14-25(22(26)19-10-11-19)16-18-7-6-12-24(15-18)17-20-8-4-5-9-21(20)27-3/h4-5,8-9,18-19H,6-7,10-17H2,1-3H3/t18-/m0/s1. The van der Waals surface area contributed by atoms with Gasteiger partial charge in [0.05, 0.1) is 7.11 Å². The number of likely N-dealkylation sites (N-methyl/N-ethyl adjacent to an activating group) is 1. The van der Waals surface area contributed by atoms with Crippen LogP contribution in [0.3, 0.4) is 0 Å². The molecule has 2 fully saturated rings. The summed E-state index contributed by atoms with van der Waals surface area (Å²) in [7, 11) is 5.90. The summed E-state index contributed by atoms with van der Waals surface area (Å²) in [6.45, 7) is 5.82. The molecule has 0 unspecified atom stereocenters. The number of hydrogen-bond acceptors (Lipinski definition) is 4. The summed E-state index contributed by atoms with van der Waals surface area (Å²) in [5.41, 5.74) is 1.25. The molecule has 1 amide bonds. The predicted molar refractivity (Wildman–Crippen MR) is 109 cm³/mol. The van der Waals surface area contributed by atoms with Crippen molar-refractivity contribution in [1.82, 2.24) is 14.7 Å². The van der Waals surface area contributed by atoms with Crippen molar-refractivity contribution in [3.05, 3.63) is 29.8 Å². The first-order valence-corrected chi connectivity index (χ1v) is 10.3. The van der Waals surface area contributed by atoms with E-state index in [-0.39, 0.29) is 0 Å². The fourth-order valence-electron chi connectivity index (χ4n) is 4.03. The Morgan fingerprint density at radius 2 is 1.96 bits per heavy atom. The summed E-state index contributed by atoms with van der Waals surface area (Å²) >= 11 is 0. The lowest BCUT2D eigenvalue weighted by Crippen LogP contribution is -2.45. The lowest BCUT2D eigenvalue weighted by molar-refractivity contribution is -0.133. The topological polar surface area (TPSA) is 36.0 Å². The van der Waals surface area contributed by atoms with Crippen LogP contribution in [0.25, 0.3) is 0 Å². The minimum Gasteiger partial charge on any atom is -0.496 e. The van der Waals surface area contributed by atoms with Crippen molar-refractivity contribution >= 4 is 5.91 Å². The maximum absolute atomic E-state index is 12.7. The Labute approximate surface area is 164 Å². The highest BCUT2D eigenvalue weighted by atomic mass is 16.5. The van der Waals surface area contributed by atoms with Crippen LogP contribution in [-0.4, -0.2) is 74.5 Å². The van der Waals surface area contributed by atoms with E-state index in [4.69, 9.17) is 4.74 Å². The molecule has 0 bridgehead atoms. The Hall–Kier alpha value is -1.59. The highest BCUT2D eigenvalue weighted by Gasteiger charge is 2.34. The lowest BCUT2D eigenvalue weighted by Gasteiger charge is -2.36. The van der Waals surface area contributed by atoms with Crippen molar-refractivity contribution in [3.63, 3.8) is 0 Å². The largest absolute Gasteiger partial charge is 0.496 e. The van der Waals surface area contributed by atoms with Gasteiger partial charge in [-0.1, -0.05) is 18.2 Å². The third-order valence-corrected chi connectivity index (χ3v) is 5.72. The van der Waals surface area contributed by atoms with E-state index in [0.717, 1.165) is 57.9 Å². The molecule has 150 valence electrons. The molecular formula is C22H35N3O2. The summed E-state index contributed by atoms with van der Waals surface area (Å²) in [6, 6.07) is 8.29. The van der Waals surface area contributed by atoms with Gasteiger partial charge in [-0.2, -0.15) is 0 Å². The van der Waals surface area contributed by atoms with Gasteiger partial charge in [0.1, 0.15) is 5.75 Å². The van der Waals surface area contributed by atoms with E-state index in [0.29, 0.717) is 17.7 Å². The fourth-order valence-corrected chi connectivity index (χ4v) is 4.03. The van der Waals surface area contributed by atoms with Gasteiger partial charge >= 0.3 is 0 Å². The summed E-state index contributed by atoms with van der Waals surface area (Å²) in [4.78, 5) is 19.6. The van der Waals surface area contributed by atoms with Crippen molar-refractivity contribution < 1.29 is 9.53 Å². The Morgan fingerprint density at radius 3 is 2.67 bits per heavy atom. The van der Waals surface area contributed by atoms with Crippen molar-refractivity contribution in [2.75, 3.05) is 53.9 Å². The third-order valence-electron chi connectivity index (χ3n) is 5.72. The number of hydrogen-bond donors (Lipinski definition) is 0. The number of carbonyl (C=O) groups excluding carboxylic acids is 1. The van der Waals surface area contributed by atoms with E-state index >= 15 is 0 Å². The smallest absolute Gasteiger partial charge is 0.225 e. The second kappa shape index (κ2) is 9.56. The molecule has 0 N–H and O–H groups in total. The van der Waals surface area contributed by atoms with Gasteiger partial charge in [-0.05, 0) is 58.3 Å². The van der Waals surface area contributed by atoms with E-state index in [9.17, 15) is 4.79 Å². The highest BCUT2D eigenvalue weighted by molar-refractivity contribution is 5.81. The van der Waals surface area contributed by atoms with Crippen LogP contribution in [-0.2, 0) is 11.3 Å². The minimum atomic E-state index is 0.306. The SMILES string of the molecule is COc1ccccc1CN1CCC[C@H](CN(CCN(C)C)C(=O)C2CC2)C1. The highest BCUT2D eigenvalue weighted by Crippen LogP contribution is 2.32. The van der Waals surface area contributed by atoms with Crippen molar-refractivity contribution in [3.8, 4) is 5.75 Å². The molecule has 27 heavy (non-hydrogen) atoms. The predicted octanol–water partition coefficient (Wildman–Crippen LogP) is 2.71. The van der Waals surface area contributed by atoms with Gasteiger partial charge in [0.2, 0.25) is 5.91 Å². The van der Waals surface area contributed by atoms with Crippen LogP contribution in [0.2, 0.25) is 0 Å². The second-order valence-electron chi connectivity index (χ2n) is 8.42. The third kappa shape index (κ3) is 5.94. The molecule has 1 saturated carbocycles. The quantitative estimate of drug-likeness (QED) is 0.667. The fraction of sp³-hybridized carbons (Fsp3) is 0.682. The van der Waals surface area contributed by atoms with Crippen LogP contribution >= 0.6 is 0 Å². The Balaban J connectivity index is 1.57. The van der Waals surface area contributed by atoms with Crippen LogP contribution in [0.15, 0.2) is 24.3 Å². The molecule has 0 spiro atoms. The average Bonchev–Trinajstić information content (AvgIpc) is 3.50. The van der Waals surface area contributed by atoms with Crippen LogP contribution in [0.5, 0.6) is 5.75 Å². The van der Waals surface area contributed by atoms with Gasteiger partial charge in [0.25, 0.3) is 0 Å². The van der Waals surface area contributed by atoms with Gasteiger partial charge in [0, 0.05) is 44.2 Å². The summed E-state index contributed by atoms with van der Waals surface area (Å²) in [5, 5.41) is 0. The Kier molecular flexibility index (Phi) is 7.13. The van der Waals surface area contributed by atoms with Gasteiger partial charge in [-0.25, -0.2) is 0 Å². The number of carbonyl (C=O) groups is 1. The number of likely N-dealkylation sites (tertiary alicyclic amines) is 1. The molecule has 0 radical (unpaired) electrons. The van der Waals surface area contributed by atoms with E-state index in [2.05, 4.69) is 40.9 Å². The van der Waals surface area contributed by atoms with Gasteiger partial charge in [-0.3, -0.25) is 9.69 Å². The van der Waals surface area contributed by atoms with E-state index in [1.54, 1.807) is 7.11 Å². The number of para-hydroxylation sites is 1. The molecule has 1 atom stereocenters. The lowest BCUT2D eigenvalue weighted by atomic mass is 9.96. The van der Waals surface area contributed by atoms with E-state index < -0.39 is 0 Å². The Morgan fingerprint density at radius 1 is 1.19 bits per heavy atom. The van der Waals surface area contributed by atoms with Gasteiger partial charge in [-0.15, -0.1) is 0 Å². The summed E-state index contributed by atoms with van der Waals surface area (Å²) in [5.74, 6) is 2.23. The molecule has 3 rings (SSSR count). The molecule has 1 aromatic rings. The molecule has 1 aliphatic carbocycles. The van der Waals surface area contributed by atoms with Crippen LogP contribution in [0.1, 0.15) is 31.2 Å². The molecule has 1 aromatic carbocycles. The number of benzene rings is 1. The zero-order chi connectivity index (χ0) is 19.2. The zero-order valence-corrected chi connectivity index (χ0v) is 17.2. The van der Waals surface area contributed by atoms with E-state index in [1.807, 2.05) is 12.1 Å². The van der Waals surface area contributed by atoms with Gasteiger partial charge in [0.15, 0.2) is 0 Å². The number of nitrogens with zero attached hydrogens (tertiary/aromatic N) is 3. The van der Waals surface area contributed by atoms with Gasteiger partial charge < -0.3 is 14.5 Å². The van der Waals surface area contributed by atoms with Crippen LogP contribution < -0.4 is 4.74 Å². The zero-order valence-electron chi connectivity index (χ0n) is 17.2. The number of rotatable bonds is 9. The number of piperidine rings is 1. The molecular weight excluding hydrogens is 338 g/mol. The monoisotopic (exact) mass is 373 g/mol. The first kappa shape index (κ1) is 20.2. The molecule has 1 saturated heterocycles. The average molecular weight is 374 g/mol. The summed E-state index contributed by atoms with van der Waals surface area (Å²) in [6.07, 6.45) is 4.60. The second-order valence-corrected chi connectivity index (χ2v) is 8.42. The summed E-state index contributed by atoms with van der Waals surface area (Å²) < 4.78 is 5.51. The first-order valence-electron chi connectivity index (χ1n) is 10.3. The van der Waals surface area contributed by atoms with Crippen molar-refractivity contribution in [2.24, 2.45) is 11.8 Å². The normalized spacial score (nSPS) is 20.7. The van der Waals surface area contributed by atoms with Crippen LogP contribution in [0.4, 0.5) is 0 Å². The Bertz CT molecular complexity index is 615. The van der Waals surface area contributed by atoms with Crippen molar-refractivity contribution in [2.45, 2.75) is 32.2 Å². The maximum Gasteiger partial charge on any atom is 0.225 e. The number of ether oxygens (including phenoxy) is 1. The molecule has 0 aromatic heterocycles. The number of amides is 1. The van der Waals surface area contributed by atoms with Crippen LogP contribution in [0, 0.1) is 11.8 Å². The molecule has 5 heteroatoms. The molecule has 1 heterocycles. The maximum atomic E-state index is 12.7. The number of methoxy groups -OCH3 is 1. The molecule has 5 nitrogen and oxygen atoms in total. The molecule has 1 aliphatic heterocycles. The minimum absolute atomic E-state index is 0.306. The molecule has 2 aliphatic rings. The first-order chi connectivity index (χ1) is 13.1. The van der Waals surface area contributed by atoms with Crippen molar-refractivity contribution in [1.29, 1.82) is 0 Å².